The van der Waals surface area contributed by atoms with E-state index >= 15 is 0 Å². The lowest BCUT2D eigenvalue weighted by molar-refractivity contribution is 0.102. The standard InChI is InChI=1S/C13H13BrFN3O/c1-3-18-7-9(14)12(17-18)13(19)16-11-6-8(2)4-5-10(11)15/h4-7H,3H2,1-2H3,(H,16,19). The molecule has 0 radical (unpaired) electrons. The summed E-state index contributed by atoms with van der Waals surface area (Å²) >= 11 is 3.27. The number of hydrogen-bond donors (Lipinski definition) is 1. The summed E-state index contributed by atoms with van der Waals surface area (Å²) in [7, 11) is 0. The van der Waals surface area contributed by atoms with Crippen LogP contribution in [0.25, 0.3) is 0 Å². The molecule has 1 amide bonds. The molecular weight excluding hydrogens is 313 g/mol. The summed E-state index contributed by atoms with van der Waals surface area (Å²) in [6.07, 6.45) is 1.71. The molecule has 0 atom stereocenters. The predicted octanol–water partition coefficient (Wildman–Crippen LogP) is 3.37. The Balaban J connectivity index is 2.25. The molecule has 0 aliphatic rings. The van der Waals surface area contributed by atoms with Gasteiger partial charge < -0.3 is 5.32 Å². The number of amides is 1. The lowest BCUT2D eigenvalue weighted by Crippen LogP contribution is -2.15. The van der Waals surface area contributed by atoms with Crippen molar-refractivity contribution in [3.8, 4) is 0 Å². The average molecular weight is 326 g/mol. The van der Waals surface area contributed by atoms with E-state index in [1.54, 1.807) is 23.0 Å². The van der Waals surface area contributed by atoms with Crippen molar-refractivity contribution in [3.05, 3.63) is 45.9 Å². The molecule has 0 aliphatic carbocycles. The van der Waals surface area contributed by atoms with Gasteiger partial charge in [-0.2, -0.15) is 5.10 Å². The summed E-state index contributed by atoms with van der Waals surface area (Å²) in [5.41, 5.74) is 1.26. The van der Waals surface area contributed by atoms with Gasteiger partial charge in [0.2, 0.25) is 0 Å². The molecule has 4 nitrogen and oxygen atoms in total. The normalized spacial score (nSPS) is 10.5. The van der Waals surface area contributed by atoms with Gasteiger partial charge in [-0.05, 0) is 47.5 Å². The molecule has 1 aromatic carbocycles. The Morgan fingerprint density at radius 3 is 2.89 bits per heavy atom. The van der Waals surface area contributed by atoms with E-state index in [1.807, 2.05) is 13.8 Å². The third kappa shape index (κ3) is 3.01. The number of aryl methyl sites for hydroxylation is 2. The van der Waals surface area contributed by atoms with E-state index in [4.69, 9.17) is 0 Å². The zero-order valence-corrected chi connectivity index (χ0v) is 12.2. The molecule has 1 heterocycles. The molecule has 100 valence electrons. The fourth-order valence-corrected chi connectivity index (χ4v) is 2.13. The van der Waals surface area contributed by atoms with Crippen LogP contribution < -0.4 is 5.32 Å². The molecule has 0 saturated carbocycles. The molecule has 0 aliphatic heterocycles. The molecule has 1 aromatic heterocycles. The van der Waals surface area contributed by atoms with E-state index in [-0.39, 0.29) is 11.4 Å². The molecule has 2 aromatic rings. The van der Waals surface area contributed by atoms with Crippen molar-refractivity contribution in [1.82, 2.24) is 9.78 Å². The fourth-order valence-electron chi connectivity index (χ4n) is 1.63. The van der Waals surface area contributed by atoms with Gasteiger partial charge in [-0.15, -0.1) is 0 Å². The second kappa shape index (κ2) is 5.52. The van der Waals surface area contributed by atoms with Crippen molar-refractivity contribution in [1.29, 1.82) is 0 Å². The van der Waals surface area contributed by atoms with Gasteiger partial charge in [0.1, 0.15) is 5.82 Å². The van der Waals surface area contributed by atoms with Crippen LogP contribution in [0.1, 0.15) is 23.0 Å². The van der Waals surface area contributed by atoms with Crippen molar-refractivity contribution >= 4 is 27.5 Å². The SMILES string of the molecule is CCn1cc(Br)c(C(=O)Nc2cc(C)ccc2F)n1. The van der Waals surface area contributed by atoms with Crippen molar-refractivity contribution in [2.24, 2.45) is 0 Å². The minimum Gasteiger partial charge on any atom is -0.318 e. The highest BCUT2D eigenvalue weighted by atomic mass is 79.9. The highest BCUT2D eigenvalue weighted by Crippen LogP contribution is 2.19. The van der Waals surface area contributed by atoms with Gasteiger partial charge in [-0.1, -0.05) is 6.07 Å². The van der Waals surface area contributed by atoms with E-state index < -0.39 is 11.7 Å². The average Bonchev–Trinajstić information content (AvgIpc) is 2.75. The second-order valence-corrected chi connectivity index (χ2v) is 4.97. The van der Waals surface area contributed by atoms with Gasteiger partial charge in [0, 0.05) is 12.7 Å². The number of halogens is 2. The number of carbonyl (C=O) groups is 1. The van der Waals surface area contributed by atoms with Crippen molar-refractivity contribution in [3.63, 3.8) is 0 Å². The molecule has 0 fully saturated rings. The van der Waals surface area contributed by atoms with Gasteiger partial charge in [0.05, 0.1) is 10.2 Å². The first-order chi connectivity index (χ1) is 9.01. The number of anilines is 1. The first kappa shape index (κ1) is 13.7. The van der Waals surface area contributed by atoms with Crippen LogP contribution in [0, 0.1) is 12.7 Å². The van der Waals surface area contributed by atoms with E-state index in [1.165, 1.54) is 6.07 Å². The maximum absolute atomic E-state index is 13.6. The zero-order chi connectivity index (χ0) is 14.0. The van der Waals surface area contributed by atoms with E-state index in [2.05, 4.69) is 26.3 Å². The largest absolute Gasteiger partial charge is 0.318 e. The van der Waals surface area contributed by atoms with Crippen LogP contribution in [0.2, 0.25) is 0 Å². The van der Waals surface area contributed by atoms with Crippen LogP contribution in [0.3, 0.4) is 0 Å². The quantitative estimate of drug-likeness (QED) is 0.940. The number of nitrogens with zero attached hydrogens (tertiary/aromatic N) is 2. The van der Waals surface area contributed by atoms with Crippen LogP contribution in [0.5, 0.6) is 0 Å². The molecule has 0 bridgehead atoms. The van der Waals surface area contributed by atoms with Crippen molar-refractivity contribution < 1.29 is 9.18 Å². The van der Waals surface area contributed by atoms with E-state index in [9.17, 15) is 9.18 Å². The van der Waals surface area contributed by atoms with E-state index in [0.717, 1.165) is 5.56 Å². The Kier molecular flexibility index (Phi) is 3.99. The Bertz CT molecular complexity index is 624. The minimum absolute atomic E-state index is 0.156. The van der Waals surface area contributed by atoms with Crippen LogP contribution in [0.4, 0.5) is 10.1 Å². The number of carbonyl (C=O) groups excluding carboxylic acids is 1. The Morgan fingerprint density at radius 1 is 1.53 bits per heavy atom. The molecule has 2 rings (SSSR count). The third-order valence-corrected chi connectivity index (χ3v) is 3.21. The zero-order valence-electron chi connectivity index (χ0n) is 10.6. The molecule has 1 N–H and O–H groups in total. The predicted molar refractivity (Wildman–Crippen MR) is 74.7 cm³/mol. The van der Waals surface area contributed by atoms with Crippen LogP contribution in [-0.2, 0) is 6.54 Å². The topological polar surface area (TPSA) is 46.9 Å². The maximum Gasteiger partial charge on any atom is 0.277 e. The van der Waals surface area contributed by atoms with Crippen molar-refractivity contribution in [2.45, 2.75) is 20.4 Å². The Hall–Kier alpha value is -1.69. The number of benzene rings is 1. The van der Waals surface area contributed by atoms with Gasteiger partial charge in [-0.25, -0.2) is 4.39 Å². The molecule has 0 unspecified atom stereocenters. The lowest BCUT2D eigenvalue weighted by atomic mass is 10.2. The molecule has 0 spiro atoms. The lowest BCUT2D eigenvalue weighted by Gasteiger charge is -2.06. The monoisotopic (exact) mass is 325 g/mol. The number of rotatable bonds is 3. The summed E-state index contributed by atoms with van der Waals surface area (Å²) in [6, 6.07) is 4.55. The van der Waals surface area contributed by atoms with Crippen LogP contribution >= 0.6 is 15.9 Å². The maximum atomic E-state index is 13.6. The summed E-state index contributed by atoms with van der Waals surface area (Å²) in [5, 5.41) is 6.64. The van der Waals surface area contributed by atoms with Gasteiger partial charge in [-0.3, -0.25) is 9.48 Å². The Labute approximate surface area is 118 Å². The minimum atomic E-state index is -0.468. The smallest absolute Gasteiger partial charge is 0.277 e. The summed E-state index contributed by atoms with van der Waals surface area (Å²) in [5.74, 6) is -0.909. The van der Waals surface area contributed by atoms with Crippen molar-refractivity contribution in [2.75, 3.05) is 5.32 Å². The van der Waals surface area contributed by atoms with Gasteiger partial charge in [0.15, 0.2) is 5.69 Å². The first-order valence-corrected chi connectivity index (χ1v) is 6.61. The number of aromatic nitrogens is 2. The molecule has 19 heavy (non-hydrogen) atoms. The third-order valence-electron chi connectivity index (χ3n) is 2.63. The molecule has 0 saturated heterocycles. The highest BCUT2D eigenvalue weighted by molar-refractivity contribution is 9.10. The second-order valence-electron chi connectivity index (χ2n) is 4.12. The Morgan fingerprint density at radius 2 is 2.26 bits per heavy atom. The number of nitrogens with one attached hydrogen (secondary N) is 1. The van der Waals surface area contributed by atoms with E-state index in [0.29, 0.717) is 11.0 Å². The van der Waals surface area contributed by atoms with Gasteiger partial charge in [0.25, 0.3) is 5.91 Å². The van der Waals surface area contributed by atoms with Crippen LogP contribution in [-0.4, -0.2) is 15.7 Å². The summed E-state index contributed by atoms with van der Waals surface area (Å²) < 4.78 is 15.8. The molecular formula is C13H13BrFN3O. The van der Waals surface area contributed by atoms with Gasteiger partial charge >= 0.3 is 0 Å². The molecule has 6 heteroatoms. The highest BCUT2D eigenvalue weighted by Gasteiger charge is 2.16. The first-order valence-electron chi connectivity index (χ1n) is 5.81. The summed E-state index contributed by atoms with van der Waals surface area (Å²) in [6.45, 7) is 4.41. The number of hydrogen-bond acceptors (Lipinski definition) is 2. The summed E-state index contributed by atoms with van der Waals surface area (Å²) in [4.78, 5) is 12.0. The fraction of sp³-hybridized carbons (Fsp3) is 0.231. The van der Waals surface area contributed by atoms with Crippen LogP contribution in [0.15, 0.2) is 28.9 Å².